The highest BCUT2D eigenvalue weighted by Gasteiger charge is 2.29. The average Bonchev–Trinajstić information content (AvgIpc) is 2.53. The molecular formula is C14H12BClN2O5. The van der Waals surface area contributed by atoms with Crippen LogP contribution in [0.25, 0.3) is 11.1 Å². The highest BCUT2D eigenvalue weighted by Crippen LogP contribution is 2.15. The molecule has 1 amide bonds. The molecular weight excluding hydrogens is 322 g/mol. The number of hydrogen-bond donors (Lipinski definition) is 1. The Morgan fingerprint density at radius 1 is 1.48 bits per heavy atom. The number of esters is 1. The largest absolute Gasteiger partial charge is 0.467 e. The van der Waals surface area contributed by atoms with Gasteiger partial charge in [0.15, 0.2) is 17.3 Å². The van der Waals surface area contributed by atoms with Crippen LogP contribution in [-0.2, 0) is 14.3 Å². The molecule has 0 saturated carbocycles. The van der Waals surface area contributed by atoms with Crippen molar-refractivity contribution in [2.24, 2.45) is 0 Å². The molecule has 0 spiro atoms. The molecule has 1 unspecified atom stereocenters. The Hall–Kier alpha value is -2.35. The van der Waals surface area contributed by atoms with Gasteiger partial charge < -0.3 is 14.5 Å². The Kier molecular flexibility index (Phi) is 5.05. The number of ether oxygens (including phenoxy) is 1. The van der Waals surface area contributed by atoms with E-state index in [9.17, 15) is 14.4 Å². The molecule has 0 saturated heterocycles. The van der Waals surface area contributed by atoms with Crippen LogP contribution in [0.3, 0.4) is 0 Å². The summed E-state index contributed by atoms with van der Waals surface area (Å²) in [5.74, 6) is -1.91. The molecule has 0 aliphatic carbocycles. The van der Waals surface area contributed by atoms with Crippen LogP contribution >= 0.6 is 11.6 Å². The fraction of sp³-hybridized carbons (Fsp3) is 0.286. The molecule has 1 N–H and O–H groups in total. The number of methoxy groups -OCH3 is 1. The van der Waals surface area contributed by atoms with Crippen molar-refractivity contribution in [1.82, 2.24) is 10.3 Å². The molecule has 0 aliphatic heterocycles. The highest BCUT2D eigenvalue weighted by molar-refractivity contribution is 6.34. The number of aromatic nitrogens is 1. The van der Waals surface area contributed by atoms with Crippen LogP contribution in [0.15, 0.2) is 21.3 Å². The van der Waals surface area contributed by atoms with Gasteiger partial charge in [-0.15, -0.1) is 11.6 Å². The number of nitrogens with one attached hydrogen (secondary N) is 1. The third-order valence-corrected chi connectivity index (χ3v) is 3.38. The summed E-state index contributed by atoms with van der Waals surface area (Å²) in [6.45, 7) is 1.76. The molecule has 23 heavy (non-hydrogen) atoms. The van der Waals surface area contributed by atoms with Crippen LogP contribution in [0, 0.1) is 6.92 Å². The van der Waals surface area contributed by atoms with E-state index in [2.05, 4.69) is 15.0 Å². The van der Waals surface area contributed by atoms with E-state index in [4.69, 9.17) is 23.9 Å². The van der Waals surface area contributed by atoms with Gasteiger partial charge in [0.25, 0.3) is 0 Å². The number of hydrogen-bond acceptors (Lipinski definition) is 6. The summed E-state index contributed by atoms with van der Waals surface area (Å²) in [6, 6.07) is 1.66. The zero-order chi connectivity index (χ0) is 17.1. The lowest BCUT2D eigenvalue weighted by Gasteiger charge is -2.14. The summed E-state index contributed by atoms with van der Waals surface area (Å²) in [6.07, 6.45) is 0. The summed E-state index contributed by atoms with van der Waals surface area (Å²) in [4.78, 5) is 39.5. The van der Waals surface area contributed by atoms with Crippen LogP contribution in [0.2, 0.25) is 0 Å². The Morgan fingerprint density at radius 2 is 2.17 bits per heavy atom. The van der Waals surface area contributed by atoms with Crippen LogP contribution in [0.5, 0.6) is 0 Å². The van der Waals surface area contributed by atoms with Gasteiger partial charge in [-0.05, 0) is 19.1 Å². The van der Waals surface area contributed by atoms with Crippen molar-refractivity contribution in [2.45, 2.75) is 13.0 Å². The fourth-order valence-corrected chi connectivity index (χ4v) is 2.00. The summed E-state index contributed by atoms with van der Waals surface area (Å²) < 4.78 is 9.71. The molecule has 2 aromatic rings. The highest BCUT2D eigenvalue weighted by atomic mass is 35.5. The molecule has 1 heterocycles. The van der Waals surface area contributed by atoms with Crippen molar-refractivity contribution < 1.29 is 18.7 Å². The standard InChI is InChI=1S/C14H12BClN2O5/c1-6-3-8-9(4-7(6)15)23-14(21)12(17-8)11(13(20)22-2)18-10(19)5-16/h3-4,11H,5H2,1-2H3,(H,18,19). The van der Waals surface area contributed by atoms with Crippen molar-refractivity contribution in [1.29, 1.82) is 0 Å². The first-order valence-corrected chi connectivity index (χ1v) is 7.04. The molecule has 0 aliphatic rings. The van der Waals surface area contributed by atoms with Gasteiger partial charge in [-0.3, -0.25) is 4.79 Å². The lowest BCUT2D eigenvalue weighted by molar-refractivity contribution is -0.145. The number of nitrogens with zero attached hydrogens (tertiary/aromatic N) is 1. The van der Waals surface area contributed by atoms with Crippen LogP contribution in [0.1, 0.15) is 17.3 Å². The summed E-state index contributed by atoms with van der Waals surface area (Å²) in [7, 11) is 6.87. The van der Waals surface area contributed by atoms with E-state index in [1.807, 2.05) is 0 Å². The van der Waals surface area contributed by atoms with Crippen molar-refractivity contribution >= 4 is 47.9 Å². The summed E-state index contributed by atoms with van der Waals surface area (Å²) >= 11 is 5.40. The molecule has 1 atom stereocenters. The average molecular weight is 335 g/mol. The van der Waals surface area contributed by atoms with E-state index >= 15 is 0 Å². The van der Waals surface area contributed by atoms with Gasteiger partial charge in [0.2, 0.25) is 5.91 Å². The number of fused-ring (bicyclic) bond motifs is 1. The molecule has 0 bridgehead atoms. The summed E-state index contributed by atoms with van der Waals surface area (Å²) in [5, 5.41) is 2.27. The first-order valence-electron chi connectivity index (χ1n) is 6.51. The Bertz CT molecular complexity index is 836. The monoisotopic (exact) mass is 334 g/mol. The van der Waals surface area contributed by atoms with E-state index in [1.165, 1.54) is 6.07 Å². The number of rotatable bonds is 4. The molecule has 7 nitrogen and oxygen atoms in total. The van der Waals surface area contributed by atoms with Gasteiger partial charge in [0.05, 0.1) is 7.11 Å². The minimum Gasteiger partial charge on any atom is -0.467 e. The zero-order valence-electron chi connectivity index (χ0n) is 12.4. The van der Waals surface area contributed by atoms with E-state index in [0.29, 0.717) is 11.0 Å². The number of carbonyl (C=O) groups is 2. The zero-order valence-corrected chi connectivity index (χ0v) is 13.1. The van der Waals surface area contributed by atoms with Crippen LogP contribution < -0.4 is 16.4 Å². The van der Waals surface area contributed by atoms with E-state index < -0.39 is 23.5 Å². The van der Waals surface area contributed by atoms with E-state index in [-0.39, 0.29) is 17.2 Å². The maximum absolute atomic E-state index is 12.1. The molecule has 2 rings (SSSR count). The van der Waals surface area contributed by atoms with Crippen LogP contribution in [0.4, 0.5) is 0 Å². The Morgan fingerprint density at radius 3 is 2.78 bits per heavy atom. The van der Waals surface area contributed by atoms with Crippen LogP contribution in [-0.4, -0.2) is 37.7 Å². The third kappa shape index (κ3) is 3.53. The second kappa shape index (κ2) is 6.83. The number of carbonyl (C=O) groups excluding carboxylic acids is 2. The second-order valence-corrected chi connectivity index (χ2v) is 4.99. The molecule has 2 radical (unpaired) electrons. The second-order valence-electron chi connectivity index (χ2n) is 4.72. The SMILES string of the molecule is [B]c1cc2oc(=O)c(C(NC(=O)CCl)C(=O)OC)nc2cc1C. The minimum absolute atomic E-state index is 0.175. The molecule has 1 aromatic heterocycles. The molecule has 0 fully saturated rings. The van der Waals surface area contributed by atoms with E-state index in [1.54, 1.807) is 13.0 Å². The summed E-state index contributed by atoms with van der Waals surface area (Å²) in [5.41, 5.74) is 0.479. The number of amides is 1. The predicted molar refractivity (Wildman–Crippen MR) is 84.0 cm³/mol. The van der Waals surface area contributed by atoms with Crippen molar-refractivity contribution in [2.75, 3.05) is 13.0 Å². The van der Waals surface area contributed by atoms with Gasteiger partial charge in [0, 0.05) is 0 Å². The number of benzene rings is 1. The van der Waals surface area contributed by atoms with Crippen molar-refractivity contribution in [3.8, 4) is 0 Å². The lowest BCUT2D eigenvalue weighted by atomic mass is 9.91. The maximum atomic E-state index is 12.1. The molecule has 1 aromatic carbocycles. The number of aryl methyl sites for hydroxylation is 1. The van der Waals surface area contributed by atoms with E-state index in [0.717, 1.165) is 12.7 Å². The smallest absolute Gasteiger partial charge is 0.360 e. The van der Waals surface area contributed by atoms with Crippen molar-refractivity contribution in [3.63, 3.8) is 0 Å². The fourth-order valence-electron chi connectivity index (χ4n) is 1.92. The first-order chi connectivity index (χ1) is 10.9. The van der Waals surface area contributed by atoms with Crippen molar-refractivity contribution in [3.05, 3.63) is 33.8 Å². The lowest BCUT2D eigenvalue weighted by Crippen LogP contribution is -2.38. The normalized spacial score (nSPS) is 12.0. The predicted octanol–water partition coefficient (Wildman–Crippen LogP) is -0.141. The van der Waals surface area contributed by atoms with Gasteiger partial charge in [-0.2, -0.15) is 0 Å². The van der Waals surface area contributed by atoms with Gasteiger partial charge in [-0.25, -0.2) is 14.6 Å². The number of halogens is 1. The first kappa shape index (κ1) is 17.0. The van der Waals surface area contributed by atoms with Gasteiger partial charge in [-0.1, -0.05) is 11.0 Å². The van der Waals surface area contributed by atoms with Gasteiger partial charge >= 0.3 is 11.6 Å². The van der Waals surface area contributed by atoms with Gasteiger partial charge in [0.1, 0.15) is 19.2 Å². The molecule has 118 valence electrons. The Balaban J connectivity index is 2.60. The number of alkyl halides is 1. The topological polar surface area (TPSA) is 98.5 Å². The maximum Gasteiger partial charge on any atom is 0.360 e. The minimum atomic E-state index is -1.41. The Labute approximate surface area is 137 Å². The quantitative estimate of drug-likeness (QED) is 0.475. The molecule has 9 heteroatoms. The third-order valence-electron chi connectivity index (χ3n) is 3.14.